The van der Waals surface area contributed by atoms with Crippen molar-refractivity contribution in [2.45, 2.75) is 19.9 Å². The smallest absolute Gasteiger partial charge is 0.238 e. The molecular formula is C12H14FN3O. The molecule has 0 saturated carbocycles. The predicted octanol–water partition coefficient (Wildman–Crippen LogP) is 1.63. The summed E-state index contributed by atoms with van der Waals surface area (Å²) in [5, 5.41) is 14.3. The van der Waals surface area contributed by atoms with Crippen molar-refractivity contribution in [2.24, 2.45) is 0 Å². The average molecular weight is 235 g/mol. The van der Waals surface area contributed by atoms with Crippen molar-refractivity contribution in [2.75, 3.05) is 11.9 Å². The zero-order valence-electron chi connectivity index (χ0n) is 9.75. The van der Waals surface area contributed by atoms with Crippen LogP contribution in [0.3, 0.4) is 0 Å². The van der Waals surface area contributed by atoms with Crippen LogP contribution in [-0.2, 0) is 4.79 Å². The maximum Gasteiger partial charge on any atom is 0.238 e. The summed E-state index contributed by atoms with van der Waals surface area (Å²) in [4.78, 5) is 11.5. The van der Waals surface area contributed by atoms with Gasteiger partial charge in [-0.3, -0.25) is 4.79 Å². The van der Waals surface area contributed by atoms with Crippen LogP contribution in [0.15, 0.2) is 18.2 Å². The largest absolute Gasteiger partial charge is 0.324 e. The molecule has 0 spiro atoms. The number of amides is 1. The SMILES string of the molecule is CC(C)NCC(=O)Nc1ccc(F)cc1C#N. The van der Waals surface area contributed by atoms with Gasteiger partial charge >= 0.3 is 0 Å². The van der Waals surface area contributed by atoms with Gasteiger partial charge in [0.1, 0.15) is 11.9 Å². The van der Waals surface area contributed by atoms with Gasteiger partial charge in [0.15, 0.2) is 0 Å². The quantitative estimate of drug-likeness (QED) is 0.833. The van der Waals surface area contributed by atoms with Crippen molar-refractivity contribution in [1.29, 1.82) is 5.26 Å². The zero-order chi connectivity index (χ0) is 12.8. The monoisotopic (exact) mass is 235 g/mol. The molecule has 0 heterocycles. The molecule has 1 amide bonds. The van der Waals surface area contributed by atoms with Crippen LogP contribution in [0.2, 0.25) is 0 Å². The Hall–Kier alpha value is -1.93. The van der Waals surface area contributed by atoms with Crippen LogP contribution in [0.25, 0.3) is 0 Å². The van der Waals surface area contributed by atoms with Gasteiger partial charge in [-0.05, 0) is 18.2 Å². The fourth-order valence-corrected chi connectivity index (χ4v) is 1.21. The first-order chi connectivity index (χ1) is 8.02. The molecule has 1 aromatic rings. The predicted molar refractivity (Wildman–Crippen MR) is 62.9 cm³/mol. The summed E-state index contributed by atoms with van der Waals surface area (Å²) < 4.78 is 12.8. The molecule has 2 N–H and O–H groups in total. The molecule has 0 fully saturated rings. The Morgan fingerprint density at radius 1 is 1.53 bits per heavy atom. The number of hydrogen-bond donors (Lipinski definition) is 2. The number of anilines is 1. The van der Waals surface area contributed by atoms with Crippen molar-refractivity contribution in [3.8, 4) is 6.07 Å². The van der Waals surface area contributed by atoms with Crippen molar-refractivity contribution in [1.82, 2.24) is 5.32 Å². The molecule has 0 aliphatic heterocycles. The lowest BCUT2D eigenvalue weighted by molar-refractivity contribution is -0.115. The van der Waals surface area contributed by atoms with E-state index in [-0.39, 0.29) is 24.1 Å². The highest BCUT2D eigenvalue weighted by Gasteiger charge is 2.07. The van der Waals surface area contributed by atoms with Crippen molar-refractivity contribution in [3.63, 3.8) is 0 Å². The molecule has 0 unspecified atom stereocenters. The number of nitrogens with zero attached hydrogens (tertiary/aromatic N) is 1. The maximum absolute atomic E-state index is 12.8. The highest BCUT2D eigenvalue weighted by atomic mass is 19.1. The number of hydrogen-bond acceptors (Lipinski definition) is 3. The van der Waals surface area contributed by atoms with E-state index in [1.165, 1.54) is 12.1 Å². The number of carbonyl (C=O) groups is 1. The van der Waals surface area contributed by atoms with Gasteiger partial charge in [0.2, 0.25) is 5.91 Å². The normalized spacial score (nSPS) is 10.1. The second-order valence-corrected chi connectivity index (χ2v) is 3.89. The zero-order valence-corrected chi connectivity index (χ0v) is 9.75. The number of benzene rings is 1. The van der Waals surface area contributed by atoms with Crippen LogP contribution in [0.1, 0.15) is 19.4 Å². The highest BCUT2D eigenvalue weighted by Crippen LogP contribution is 2.15. The van der Waals surface area contributed by atoms with E-state index in [0.29, 0.717) is 5.69 Å². The van der Waals surface area contributed by atoms with E-state index in [9.17, 15) is 9.18 Å². The minimum absolute atomic E-state index is 0.114. The van der Waals surface area contributed by atoms with Crippen LogP contribution in [0, 0.1) is 17.1 Å². The molecule has 0 radical (unpaired) electrons. The van der Waals surface area contributed by atoms with Gasteiger partial charge in [0.05, 0.1) is 17.8 Å². The molecule has 0 atom stereocenters. The lowest BCUT2D eigenvalue weighted by Crippen LogP contribution is -2.32. The summed E-state index contributed by atoms with van der Waals surface area (Å²) in [6.07, 6.45) is 0. The number of rotatable bonds is 4. The van der Waals surface area contributed by atoms with Crippen molar-refractivity contribution < 1.29 is 9.18 Å². The third-order valence-corrected chi connectivity index (χ3v) is 2.05. The lowest BCUT2D eigenvalue weighted by Gasteiger charge is -2.09. The first-order valence-corrected chi connectivity index (χ1v) is 5.26. The molecule has 0 bridgehead atoms. The number of halogens is 1. The van der Waals surface area contributed by atoms with E-state index in [2.05, 4.69) is 10.6 Å². The van der Waals surface area contributed by atoms with Gasteiger partial charge in [-0.25, -0.2) is 4.39 Å². The van der Waals surface area contributed by atoms with E-state index in [0.717, 1.165) is 6.07 Å². The molecule has 0 aliphatic rings. The fourth-order valence-electron chi connectivity index (χ4n) is 1.21. The Labute approximate surface area is 99.4 Å². The second kappa shape index (κ2) is 5.97. The van der Waals surface area contributed by atoms with E-state index >= 15 is 0 Å². The molecule has 17 heavy (non-hydrogen) atoms. The van der Waals surface area contributed by atoms with E-state index in [1.807, 2.05) is 19.9 Å². The van der Waals surface area contributed by atoms with Crippen molar-refractivity contribution in [3.05, 3.63) is 29.6 Å². The summed E-state index contributed by atoms with van der Waals surface area (Å²) >= 11 is 0. The van der Waals surface area contributed by atoms with E-state index in [1.54, 1.807) is 0 Å². The Balaban J connectivity index is 2.69. The minimum Gasteiger partial charge on any atom is -0.324 e. The van der Waals surface area contributed by atoms with Gasteiger partial charge in [0, 0.05) is 6.04 Å². The Bertz CT molecular complexity index is 452. The molecule has 4 nitrogen and oxygen atoms in total. The van der Waals surface area contributed by atoms with E-state index < -0.39 is 5.82 Å². The van der Waals surface area contributed by atoms with Crippen LogP contribution in [0.5, 0.6) is 0 Å². The van der Waals surface area contributed by atoms with Crippen LogP contribution in [-0.4, -0.2) is 18.5 Å². The first-order valence-electron chi connectivity index (χ1n) is 5.26. The second-order valence-electron chi connectivity index (χ2n) is 3.89. The summed E-state index contributed by atoms with van der Waals surface area (Å²) in [6, 6.07) is 5.70. The van der Waals surface area contributed by atoms with Crippen LogP contribution < -0.4 is 10.6 Å². The summed E-state index contributed by atoms with van der Waals surface area (Å²) in [6.45, 7) is 4.00. The third-order valence-electron chi connectivity index (χ3n) is 2.05. The Morgan fingerprint density at radius 3 is 2.82 bits per heavy atom. The summed E-state index contributed by atoms with van der Waals surface area (Å²) in [5.74, 6) is -0.762. The third kappa shape index (κ3) is 4.21. The Morgan fingerprint density at radius 2 is 2.24 bits per heavy atom. The number of nitriles is 1. The highest BCUT2D eigenvalue weighted by molar-refractivity contribution is 5.93. The summed E-state index contributed by atoms with van der Waals surface area (Å²) in [5.41, 5.74) is 0.437. The molecule has 1 rings (SSSR count). The Kier molecular flexibility index (Phi) is 4.61. The van der Waals surface area contributed by atoms with Crippen molar-refractivity contribution >= 4 is 11.6 Å². The summed E-state index contributed by atoms with van der Waals surface area (Å²) in [7, 11) is 0. The molecule has 0 aliphatic carbocycles. The minimum atomic E-state index is -0.500. The lowest BCUT2D eigenvalue weighted by atomic mass is 10.2. The van der Waals surface area contributed by atoms with Crippen LogP contribution >= 0.6 is 0 Å². The molecule has 1 aromatic carbocycles. The molecule has 0 saturated heterocycles. The van der Waals surface area contributed by atoms with Gasteiger partial charge < -0.3 is 10.6 Å². The van der Waals surface area contributed by atoms with Gasteiger partial charge in [-0.15, -0.1) is 0 Å². The molecule has 90 valence electrons. The van der Waals surface area contributed by atoms with Gasteiger partial charge in [-0.2, -0.15) is 5.26 Å². The first kappa shape index (κ1) is 13.1. The van der Waals surface area contributed by atoms with Gasteiger partial charge in [0.25, 0.3) is 0 Å². The fraction of sp³-hybridized carbons (Fsp3) is 0.333. The maximum atomic E-state index is 12.8. The standard InChI is InChI=1S/C12H14FN3O/c1-8(2)15-7-12(17)16-11-4-3-10(13)5-9(11)6-14/h3-5,8,15H,7H2,1-2H3,(H,16,17). The topological polar surface area (TPSA) is 64.9 Å². The van der Waals surface area contributed by atoms with Crippen LogP contribution in [0.4, 0.5) is 10.1 Å². The number of nitrogens with one attached hydrogen (secondary N) is 2. The molecule has 0 aromatic heterocycles. The van der Waals surface area contributed by atoms with Gasteiger partial charge in [-0.1, -0.05) is 13.8 Å². The molecular weight excluding hydrogens is 221 g/mol. The van der Waals surface area contributed by atoms with E-state index in [4.69, 9.17) is 5.26 Å². The number of carbonyl (C=O) groups excluding carboxylic acids is 1. The molecule has 5 heteroatoms. The average Bonchev–Trinajstić information content (AvgIpc) is 2.28.